The fraction of sp³-hybridized carbons (Fsp3) is 0.500. The molecule has 0 amide bonds. The Morgan fingerprint density at radius 3 is 2.31 bits per heavy atom. The average Bonchev–Trinajstić information content (AvgIpc) is 2.61. The number of nitrogens with one attached hydrogen (secondary N) is 2. The van der Waals surface area contributed by atoms with Crippen molar-refractivity contribution in [1.29, 1.82) is 0 Å². The number of aromatic nitrogens is 2. The summed E-state index contributed by atoms with van der Waals surface area (Å²) in [5.41, 5.74) is 2.08. The highest BCUT2D eigenvalue weighted by Gasteiger charge is 2.16. The Morgan fingerprint density at radius 1 is 1.00 bits per heavy atom. The Labute approximate surface area is 170 Å². The molecule has 0 saturated carbocycles. The van der Waals surface area contributed by atoms with Gasteiger partial charge >= 0.3 is 0 Å². The lowest BCUT2D eigenvalue weighted by atomic mass is 9.93. The molecular formula is C20H28BrClN4. The van der Waals surface area contributed by atoms with Crippen molar-refractivity contribution >= 4 is 27.5 Å². The van der Waals surface area contributed by atoms with E-state index in [2.05, 4.69) is 57.3 Å². The van der Waals surface area contributed by atoms with Crippen LogP contribution in [0.4, 0.5) is 0 Å². The molecule has 6 heteroatoms. The van der Waals surface area contributed by atoms with Crippen molar-refractivity contribution < 1.29 is 0 Å². The van der Waals surface area contributed by atoms with E-state index < -0.39 is 0 Å². The molecule has 4 nitrogen and oxygen atoms in total. The van der Waals surface area contributed by atoms with Crippen LogP contribution in [0.1, 0.15) is 38.6 Å². The van der Waals surface area contributed by atoms with Crippen LogP contribution in [0.3, 0.4) is 0 Å². The van der Waals surface area contributed by atoms with Gasteiger partial charge in [-0.3, -0.25) is 9.97 Å². The van der Waals surface area contributed by atoms with Gasteiger partial charge in [0.1, 0.15) is 0 Å². The van der Waals surface area contributed by atoms with Crippen LogP contribution in [0, 0.1) is 11.8 Å². The summed E-state index contributed by atoms with van der Waals surface area (Å²) in [7, 11) is 0. The maximum atomic E-state index is 5.90. The van der Waals surface area contributed by atoms with E-state index in [0.717, 1.165) is 41.9 Å². The number of nitrogens with zero attached hydrogens (tertiary/aromatic N) is 2. The molecule has 2 heterocycles. The minimum absolute atomic E-state index is 0.454. The van der Waals surface area contributed by atoms with Gasteiger partial charge in [0.15, 0.2) is 0 Å². The van der Waals surface area contributed by atoms with Crippen LogP contribution in [-0.4, -0.2) is 22.6 Å². The first-order valence-electron chi connectivity index (χ1n) is 9.09. The molecule has 0 radical (unpaired) electrons. The minimum atomic E-state index is 0.454. The SMILES string of the molecule is CC(CNCc1ccc(Br)cn1)CC(NCc1ccc(Cl)cn1)C(C)C. The topological polar surface area (TPSA) is 49.8 Å². The van der Waals surface area contributed by atoms with Crippen LogP contribution in [-0.2, 0) is 13.1 Å². The van der Waals surface area contributed by atoms with Crippen molar-refractivity contribution in [3.63, 3.8) is 0 Å². The lowest BCUT2D eigenvalue weighted by molar-refractivity contribution is 0.319. The molecule has 2 unspecified atom stereocenters. The maximum Gasteiger partial charge on any atom is 0.0589 e. The smallest absolute Gasteiger partial charge is 0.0589 e. The number of rotatable bonds is 10. The molecule has 2 aromatic heterocycles. The van der Waals surface area contributed by atoms with E-state index in [-0.39, 0.29) is 0 Å². The fourth-order valence-corrected chi connectivity index (χ4v) is 3.16. The molecule has 0 aliphatic heterocycles. The van der Waals surface area contributed by atoms with E-state index in [1.54, 1.807) is 6.20 Å². The third-order valence-corrected chi connectivity index (χ3v) is 5.08. The van der Waals surface area contributed by atoms with E-state index in [0.29, 0.717) is 22.9 Å². The van der Waals surface area contributed by atoms with E-state index in [4.69, 9.17) is 11.6 Å². The van der Waals surface area contributed by atoms with Crippen molar-refractivity contribution in [1.82, 2.24) is 20.6 Å². The van der Waals surface area contributed by atoms with Crippen molar-refractivity contribution in [3.8, 4) is 0 Å². The maximum absolute atomic E-state index is 5.90. The normalized spacial score (nSPS) is 13.8. The summed E-state index contributed by atoms with van der Waals surface area (Å²) < 4.78 is 1.01. The standard InChI is InChI=1S/C20H28BrClN4/c1-14(2)20(26-13-19-7-5-17(22)11-25-19)8-15(3)9-23-12-18-6-4-16(21)10-24-18/h4-7,10-11,14-15,20,23,26H,8-9,12-13H2,1-3H3. The summed E-state index contributed by atoms with van der Waals surface area (Å²) in [6.07, 6.45) is 4.65. The second kappa shape index (κ2) is 11.0. The summed E-state index contributed by atoms with van der Waals surface area (Å²) in [4.78, 5) is 8.76. The highest BCUT2D eigenvalue weighted by atomic mass is 79.9. The van der Waals surface area contributed by atoms with E-state index in [1.165, 1.54) is 0 Å². The number of hydrogen-bond acceptors (Lipinski definition) is 4. The van der Waals surface area contributed by atoms with Crippen molar-refractivity contribution in [3.05, 3.63) is 57.5 Å². The number of hydrogen-bond donors (Lipinski definition) is 2. The van der Waals surface area contributed by atoms with Crippen LogP contribution in [0.5, 0.6) is 0 Å². The highest BCUT2D eigenvalue weighted by Crippen LogP contribution is 2.14. The van der Waals surface area contributed by atoms with Gasteiger partial charge in [0.05, 0.1) is 16.4 Å². The lowest BCUT2D eigenvalue weighted by Crippen LogP contribution is -2.37. The Bertz CT molecular complexity index is 646. The summed E-state index contributed by atoms with van der Waals surface area (Å²) in [6, 6.07) is 8.38. The second-order valence-corrected chi connectivity index (χ2v) is 8.49. The number of halogens is 2. The molecule has 0 fully saturated rings. The zero-order valence-corrected chi connectivity index (χ0v) is 18.0. The third kappa shape index (κ3) is 7.70. The van der Waals surface area contributed by atoms with Crippen molar-refractivity contribution in [2.75, 3.05) is 6.54 Å². The minimum Gasteiger partial charge on any atom is -0.311 e. The van der Waals surface area contributed by atoms with Gasteiger partial charge in [-0.05, 0) is 65.0 Å². The van der Waals surface area contributed by atoms with Crippen LogP contribution in [0.25, 0.3) is 0 Å². The zero-order chi connectivity index (χ0) is 18.9. The van der Waals surface area contributed by atoms with Gasteiger partial charge in [-0.2, -0.15) is 0 Å². The van der Waals surface area contributed by atoms with Crippen molar-refractivity contribution in [2.45, 2.75) is 46.3 Å². The largest absolute Gasteiger partial charge is 0.311 e. The molecule has 2 N–H and O–H groups in total. The van der Waals surface area contributed by atoms with E-state index in [9.17, 15) is 0 Å². The molecule has 0 saturated heterocycles. The van der Waals surface area contributed by atoms with Gasteiger partial charge in [0.25, 0.3) is 0 Å². The van der Waals surface area contributed by atoms with Crippen LogP contribution in [0.2, 0.25) is 5.02 Å². The quantitative estimate of drug-likeness (QED) is 0.557. The molecule has 2 atom stereocenters. The zero-order valence-electron chi connectivity index (χ0n) is 15.7. The molecular weight excluding hydrogens is 412 g/mol. The summed E-state index contributed by atoms with van der Waals surface area (Å²) in [5, 5.41) is 7.84. The summed E-state index contributed by atoms with van der Waals surface area (Å²) >= 11 is 9.31. The first-order valence-corrected chi connectivity index (χ1v) is 10.3. The molecule has 0 spiro atoms. The molecule has 0 aromatic carbocycles. The van der Waals surface area contributed by atoms with Gasteiger partial charge < -0.3 is 10.6 Å². The third-order valence-electron chi connectivity index (χ3n) is 4.38. The summed E-state index contributed by atoms with van der Waals surface area (Å²) in [5.74, 6) is 1.14. The van der Waals surface area contributed by atoms with Crippen molar-refractivity contribution in [2.24, 2.45) is 11.8 Å². The first kappa shape index (κ1) is 21.3. The van der Waals surface area contributed by atoms with Crippen LogP contribution in [0.15, 0.2) is 41.1 Å². The van der Waals surface area contributed by atoms with E-state index >= 15 is 0 Å². The molecule has 0 aliphatic carbocycles. The Hall–Kier alpha value is -1.01. The Balaban J connectivity index is 1.74. The van der Waals surface area contributed by atoms with Gasteiger partial charge in [0.2, 0.25) is 0 Å². The highest BCUT2D eigenvalue weighted by molar-refractivity contribution is 9.10. The van der Waals surface area contributed by atoms with Gasteiger partial charge in [-0.1, -0.05) is 32.4 Å². The van der Waals surface area contributed by atoms with Crippen LogP contribution < -0.4 is 10.6 Å². The molecule has 2 rings (SSSR count). The van der Waals surface area contributed by atoms with Gasteiger partial charge in [0, 0.05) is 36.0 Å². The predicted octanol–water partition coefficient (Wildman–Crippen LogP) is 4.82. The Morgan fingerprint density at radius 2 is 1.69 bits per heavy atom. The second-order valence-electron chi connectivity index (χ2n) is 7.14. The van der Waals surface area contributed by atoms with Gasteiger partial charge in [-0.15, -0.1) is 0 Å². The number of pyridine rings is 2. The average molecular weight is 440 g/mol. The predicted molar refractivity (Wildman–Crippen MR) is 112 cm³/mol. The molecule has 142 valence electrons. The van der Waals surface area contributed by atoms with E-state index in [1.807, 2.05) is 30.5 Å². The van der Waals surface area contributed by atoms with Crippen LogP contribution >= 0.6 is 27.5 Å². The lowest BCUT2D eigenvalue weighted by Gasteiger charge is -2.26. The summed E-state index contributed by atoms with van der Waals surface area (Å²) in [6.45, 7) is 9.36. The first-order chi connectivity index (χ1) is 12.4. The molecule has 0 aliphatic rings. The fourth-order valence-electron chi connectivity index (χ4n) is 2.81. The van der Waals surface area contributed by atoms with Gasteiger partial charge in [-0.25, -0.2) is 0 Å². The molecule has 26 heavy (non-hydrogen) atoms. The molecule has 0 bridgehead atoms. The molecule has 2 aromatic rings. The Kier molecular flexibility index (Phi) is 8.99. The monoisotopic (exact) mass is 438 g/mol.